The summed E-state index contributed by atoms with van der Waals surface area (Å²) in [4.78, 5) is 16.8. The van der Waals surface area contributed by atoms with E-state index in [9.17, 15) is 4.79 Å². The van der Waals surface area contributed by atoms with Crippen LogP contribution in [0.2, 0.25) is 0 Å². The van der Waals surface area contributed by atoms with Crippen LogP contribution < -0.4 is 10.6 Å². The lowest BCUT2D eigenvalue weighted by atomic mass is 10.1. The zero-order valence-electron chi connectivity index (χ0n) is 15.0. The number of hydrogen-bond acceptors (Lipinski definition) is 3. The summed E-state index contributed by atoms with van der Waals surface area (Å²) in [5.41, 5.74) is 9.74. The first-order valence-electron chi connectivity index (χ1n) is 8.53. The van der Waals surface area contributed by atoms with E-state index in [1.807, 2.05) is 35.2 Å². The van der Waals surface area contributed by atoms with E-state index in [-0.39, 0.29) is 30.7 Å². The molecule has 0 aliphatic carbocycles. The highest BCUT2D eigenvalue weighted by Crippen LogP contribution is 2.18. The summed E-state index contributed by atoms with van der Waals surface area (Å²) >= 11 is 0. The number of aryl methyl sites for hydroxylation is 1. The molecule has 6 heteroatoms. The molecule has 2 aromatic carbocycles. The lowest BCUT2D eigenvalue weighted by Gasteiger charge is -2.37. The van der Waals surface area contributed by atoms with Crippen LogP contribution in [0.1, 0.15) is 11.1 Å². The van der Waals surface area contributed by atoms with Gasteiger partial charge in [-0.05, 0) is 36.6 Å². The van der Waals surface area contributed by atoms with Gasteiger partial charge in [0, 0.05) is 31.9 Å². The van der Waals surface area contributed by atoms with Crippen molar-refractivity contribution in [1.29, 1.82) is 0 Å². The second kappa shape index (κ2) is 10.4. The van der Waals surface area contributed by atoms with Crippen LogP contribution in [-0.4, -0.2) is 43.0 Å². The summed E-state index contributed by atoms with van der Waals surface area (Å²) in [6, 6.07) is 18.0. The van der Waals surface area contributed by atoms with Gasteiger partial charge < -0.3 is 15.5 Å². The molecule has 2 N–H and O–H groups in total. The van der Waals surface area contributed by atoms with Crippen molar-refractivity contribution in [3.05, 3.63) is 65.7 Å². The maximum atomic E-state index is 12.6. The molecule has 0 radical (unpaired) electrons. The Morgan fingerprint density at radius 1 is 1.00 bits per heavy atom. The molecule has 1 saturated heterocycles. The molecule has 1 heterocycles. The van der Waals surface area contributed by atoms with Crippen molar-refractivity contribution in [3.63, 3.8) is 0 Å². The van der Waals surface area contributed by atoms with Crippen molar-refractivity contribution in [2.45, 2.75) is 19.4 Å². The highest BCUT2D eigenvalue weighted by molar-refractivity contribution is 5.85. The van der Waals surface area contributed by atoms with Gasteiger partial charge in [-0.3, -0.25) is 4.79 Å². The van der Waals surface area contributed by atoms with E-state index in [0.717, 1.165) is 31.7 Å². The molecule has 4 nitrogen and oxygen atoms in total. The molecule has 0 saturated carbocycles. The summed E-state index contributed by atoms with van der Waals surface area (Å²) in [7, 11) is 0. The van der Waals surface area contributed by atoms with Crippen LogP contribution in [0.15, 0.2) is 54.6 Å². The van der Waals surface area contributed by atoms with Gasteiger partial charge in [-0.25, -0.2) is 0 Å². The van der Waals surface area contributed by atoms with Crippen LogP contribution in [-0.2, 0) is 11.2 Å². The van der Waals surface area contributed by atoms with Gasteiger partial charge in [0.25, 0.3) is 0 Å². The molecule has 142 valence electrons. The topological polar surface area (TPSA) is 49.6 Å². The molecule has 26 heavy (non-hydrogen) atoms. The Labute approximate surface area is 168 Å². The molecule has 1 amide bonds. The largest absolute Gasteiger partial charge is 0.368 e. The third kappa shape index (κ3) is 5.63. The number of piperazine rings is 1. The van der Waals surface area contributed by atoms with E-state index in [0.29, 0.717) is 6.42 Å². The average Bonchev–Trinajstić information content (AvgIpc) is 2.62. The van der Waals surface area contributed by atoms with E-state index in [2.05, 4.69) is 36.1 Å². The van der Waals surface area contributed by atoms with E-state index >= 15 is 0 Å². The molecule has 0 spiro atoms. The fourth-order valence-corrected chi connectivity index (χ4v) is 3.20. The molecule has 1 atom stereocenters. The maximum Gasteiger partial charge on any atom is 0.239 e. The van der Waals surface area contributed by atoms with Gasteiger partial charge >= 0.3 is 0 Å². The third-order valence-electron chi connectivity index (χ3n) is 4.57. The normalized spacial score (nSPS) is 14.8. The van der Waals surface area contributed by atoms with Crippen LogP contribution in [0, 0.1) is 6.92 Å². The minimum absolute atomic E-state index is 0. The fourth-order valence-electron chi connectivity index (χ4n) is 3.20. The molecule has 0 unspecified atom stereocenters. The molecule has 0 aromatic heterocycles. The molecule has 3 rings (SSSR count). The lowest BCUT2D eigenvalue weighted by Crippen LogP contribution is -2.53. The first-order valence-corrected chi connectivity index (χ1v) is 8.53. The Kier molecular flexibility index (Phi) is 8.93. The van der Waals surface area contributed by atoms with Crippen LogP contribution in [0.25, 0.3) is 0 Å². The fraction of sp³-hybridized carbons (Fsp3) is 0.350. The predicted molar refractivity (Wildman–Crippen MR) is 113 cm³/mol. The second-order valence-electron chi connectivity index (χ2n) is 6.45. The van der Waals surface area contributed by atoms with Gasteiger partial charge in [-0.1, -0.05) is 42.5 Å². The number of carbonyl (C=O) groups excluding carboxylic acids is 1. The first-order chi connectivity index (χ1) is 11.6. The molecular weight excluding hydrogens is 369 g/mol. The highest BCUT2D eigenvalue weighted by atomic mass is 35.5. The molecule has 1 aliphatic rings. The summed E-state index contributed by atoms with van der Waals surface area (Å²) in [5.74, 6) is 0.0581. The highest BCUT2D eigenvalue weighted by Gasteiger charge is 2.25. The van der Waals surface area contributed by atoms with E-state index < -0.39 is 6.04 Å². The maximum absolute atomic E-state index is 12.6. The zero-order chi connectivity index (χ0) is 16.9. The summed E-state index contributed by atoms with van der Waals surface area (Å²) < 4.78 is 0. The minimum Gasteiger partial charge on any atom is -0.368 e. The van der Waals surface area contributed by atoms with E-state index in [1.54, 1.807) is 0 Å². The number of carbonyl (C=O) groups is 1. The third-order valence-corrected chi connectivity index (χ3v) is 4.57. The van der Waals surface area contributed by atoms with Crippen LogP contribution in [0.3, 0.4) is 0 Å². The first kappa shape index (κ1) is 22.3. The van der Waals surface area contributed by atoms with Gasteiger partial charge in [-0.2, -0.15) is 0 Å². The lowest BCUT2D eigenvalue weighted by molar-refractivity contribution is -0.132. The van der Waals surface area contributed by atoms with Crippen molar-refractivity contribution in [3.8, 4) is 0 Å². The monoisotopic (exact) mass is 395 g/mol. The van der Waals surface area contributed by atoms with Crippen LogP contribution >= 0.6 is 24.8 Å². The Bertz CT molecular complexity index is 688. The molecular formula is C20H27Cl2N3O. The predicted octanol–water partition coefficient (Wildman–Crippen LogP) is 3.06. The summed E-state index contributed by atoms with van der Waals surface area (Å²) in [6.45, 7) is 5.27. The average molecular weight is 396 g/mol. The number of rotatable bonds is 4. The second-order valence-corrected chi connectivity index (χ2v) is 6.45. The van der Waals surface area contributed by atoms with Gasteiger partial charge in [0.05, 0.1) is 6.04 Å². The Hall–Kier alpha value is -1.75. The van der Waals surface area contributed by atoms with Crippen molar-refractivity contribution in [2.75, 3.05) is 31.1 Å². The van der Waals surface area contributed by atoms with Crippen molar-refractivity contribution < 1.29 is 4.79 Å². The van der Waals surface area contributed by atoms with Crippen molar-refractivity contribution >= 4 is 36.4 Å². The number of amides is 1. The molecule has 0 bridgehead atoms. The number of benzene rings is 2. The number of halogens is 2. The van der Waals surface area contributed by atoms with Crippen molar-refractivity contribution in [1.82, 2.24) is 4.90 Å². The van der Waals surface area contributed by atoms with Crippen LogP contribution in [0.5, 0.6) is 0 Å². The molecule has 2 aromatic rings. The number of nitrogens with two attached hydrogens (primary N) is 1. The van der Waals surface area contributed by atoms with E-state index in [4.69, 9.17) is 5.73 Å². The molecule has 1 fully saturated rings. The van der Waals surface area contributed by atoms with Crippen molar-refractivity contribution in [2.24, 2.45) is 5.73 Å². The van der Waals surface area contributed by atoms with Gasteiger partial charge in [0.2, 0.25) is 5.91 Å². The summed E-state index contributed by atoms with van der Waals surface area (Å²) in [5, 5.41) is 0. The zero-order valence-corrected chi connectivity index (χ0v) is 16.6. The quantitative estimate of drug-likeness (QED) is 0.864. The Balaban J connectivity index is 0.00000169. The number of anilines is 1. The van der Waals surface area contributed by atoms with Gasteiger partial charge in [-0.15, -0.1) is 24.8 Å². The smallest absolute Gasteiger partial charge is 0.239 e. The Morgan fingerprint density at radius 2 is 1.65 bits per heavy atom. The van der Waals surface area contributed by atoms with Crippen LogP contribution in [0.4, 0.5) is 5.69 Å². The van der Waals surface area contributed by atoms with Gasteiger partial charge in [0.15, 0.2) is 0 Å². The molecule has 1 aliphatic heterocycles. The number of hydrogen-bond donors (Lipinski definition) is 1. The SMILES string of the molecule is Cc1cccc(N2CCN(C(=O)[C@@H](N)Cc3ccccc3)CC2)c1.Cl.Cl. The standard InChI is InChI=1S/C20H25N3O.2ClH/c1-16-6-5-9-18(14-16)22-10-12-23(13-11-22)20(24)19(21)15-17-7-3-2-4-8-17;;/h2-9,14,19H,10-13,15,21H2,1H3;2*1H/t19-;;/m0../s1. The van der Waals surface area contributed by atoms with E-state index in [1.165, 1.54) is 11.3 Å². The Morgan fingerprint density at radius 3 is 2.27 bits per heavy atom. The summed E-state index contributed by atoms with van der Waals surface area (Å²) in [6.07, 6.45) is 0.595. The number of nitrogens with zero attached hydrogens (tertiary/aromatic N) is 2. The van der Waals surface area contributed by atoms with Gasteiger partial charge in [0.1, 0.15) is 0 Å². The minimum atomic E-state index is -0.460.